The van der Waals surface area contributed by atoms with Crippen LogP contribution in [0.25, 0.3) is 10.9 Å². The summed E-state index contributed by atoms with van der Waals surface area (Å²) in [5.41, 5.74) is 2.12. The molecule has 0 atom stereocenters. The second-order valence-corrected chi connectivity index (χ2v) is 9.64. The predicted octanol–water partition coefficient (Wildman–Crippen LogP) is 2.81. The molecule has 0 aliphatic carbocycles. The molecule has 3 aromatic rings. The van der Waals surface area contributed by atoms with E-state index in [0.717, 1.165) is 24.0 Å². The van der Waals surface area contributed by atoms with E-state index in [-0.39, 0.29) is 15.8 Å². The first-order valence-electron chi connectivity index (χ1n) is 10.4. The van der Waals surface area contributed by atoms with Gasteiger partial charge < -0.3 is 10.3 Å². The number of fused-ring (bicyclic) bond motifs is 2. The van der Waals surface area contributed by atoms with E-state index in [1.54, 1.807) is 6.07 Å². The Bertz CT molecular complexity index is 1300. The van der Waals surface area contributed by atoms with Gasteiger partial charge in [0.2, 0.25) is 15.5 Å². The summed E-state index contributed by atoms with van der Waals surface area (Å²) in [6.07, 6.45) is 3.77. The second kappa shape index (κ2) is 8.64. The van der Waals surface area contributed by atoms with Gasteiger partial charge in [-0.2, -0.15) is 4.31 Å². The summed E-state index contributed by atoms with van der Waals surface area (Å²) in [7, 11) is -3.78. The van der Waals surface area contributed by atoms with Gasteiger partial charge in [-0.3, -0.25) is 9.59 Å². The molecule has 31 heavy (non-hydrogen) atoms. The molecule has 1 aliphatic heterocycles. The standard InChI is InChI=1S/C23H25N3O4S/c1-2-3-11-24-23(28)20-14-25-21-9-8-18(13-19(21)22(20)27)31(29,30)26-12-10-16-6-4-5-7-17(16)15-26/h4-9,13-14H,2-3,10-12,15H2,1H3,(H,24,28)(H,25,27). The minimum Gasteiger partial charge on any atom is -0.360 e. The highest BCUT2D eigenvalue weighted by atomic mass is 32.2. The van der Waals surface area contributed by atoms with Gasteiger partial charge in [0.15, 0.2) is 0 Å². The van der Waals surface area contributed by atoms with Crippen molar-refractivity contribution in [3.8, 4) is 0 Å². The average Bonchev–Trinajstić information content (AvgIpc) is 2.79. The molecule has 0 radical (unpaired) electrons. The van der Waals surface area contributed by atoms with Crippen LogP contribution in [0.4, 0.5) is 0 Å². The number of nitrogens with one attached hydrogen (secondary N) is 2. The van der Waals surface area contributed by atoms with Crippen molar-refractivity contribution >= 4 is 26.8 Å². The number of unbranched alkanes of at least 4 members (excludes halogenated alkanes) is 1. The Morgan fingerprint density at radius 3 is 2.71 bits per heavy atom. The van der Waals surface area contributed by atoms with Gasteiger partial charge in [0.1, 0.15) is 5.56 Å². The lowest BCUT2D eigenvalue weighted by atomic mass is 10.0. The molecule has 1 aliphatic rings. The quantitative estimate of drug-likeness (QED) is 0.577. The van der Waals surface area contributed by atoms with E-state index in [2.05, 4.69) is 10.3 Å². The lowest BCUT2D eigenvalue weighted by Crippen LogP contribution is -2.36. The highest BCUT2D eigenvalue weighted by molar-refractivity contribution is 7.89. The van der Waals surface area contributed by atoms with Gasteiger partial charge in [-0.15, -0.1) is 0 Å². The van der Waals surface area contributed by atoms with Crippen molar-refractivity contribution in [1.82, 2.24) is 14.6 Å². The second-order valence-electron chi connectivity index (χ2n) is 7.71. The molecule has 0 spiro atoms. The number of aromatic amines is 1. The molecule has 0 bridgehead atoms. The van der Waals surface area contributed by atoms with Crippen LogP contribution in [0.3, 0.4) is 0 Å². The predicted molar refractivity (Wildman–Crippen MR) is 120 cm³/mol. The number of H-pyrrole nitrogens is 1. The normalized spacial score (nSPS) is 14.4. The van der Waals surface area contributed by atoms with E-state index in [1.165, 1.54) is 22.6 Å². The van der Waals surface area contributed by atoms with E-state index < -0.39 is 21.4 Å². The van der Waals surface area contributed by atoms with Gasteiger partial charge >= 0.3 is 0 Å². The molecule has 1 amide bonds. The zero-order valence-corrected chi connectivity index (χ0v) is 18.2. The number of rotatable bonds is 6. The Morgan fingerprint density at radius 2 is 1.94 bits per heavy atom. The fourth-order valence-electron chi connectivity index (χ4n) is 3.82. The summed E-state index contributed by atoms with van der Waals surface area (Å²) < 4.78 is 28.0. The van der Waals surface area contributed by atoms with E-state index in [9.17, 15) is 18.0 Å². The first-order chi connectivity index (χ1) is 14.9. The van der Waals surface area contributed by atoms with Gasteiger partial charge in [-0.25, -0.2) is 8.42 Å². The molecule has 0 unspecified atom stereocenters. The number of pyridine rings is 1. The molecule has 0 fully saturated rings. The topological polar surface area (TPSA) is 99.3 Å². The van der Waals surface area contributed by atoms with Crippen molar-refractivity contribution in [3.05, 3.63) is 75.6 Å². The first kappa shape index (κ1) is 21.3. The molecule has 7 nitrogen and oxygen atoms in total. The molecule has 162 valence electrons. The number of hydrogen-bond donors (Lipinski definition) is 2. The van der Waals surface area contributed by atoms with Crippen LogP contribution in [0.15, 0.2) is 58.4 Å². The Kier molecular flexibility index (Phi) is 5.93. The van der Waals surface area contributed by atoms with Crippen molar-refractivity contribution in [1.29, 1.82) is 0 Å². The van der Waals surface area contributed by atoms with Crippen LogP contribution < -0.4 is 10.7 Å². The van der Waals surface area contributed by atoms with Gasteiger partial charge in [0.05, 0.1) is 4.90 Å². The van der Waals surface area contributed by atoms with E-state index in [0.29, 0.717) is 31.6 Å². The molecular formula is C23H25N3O4S. The summed E-state index contributed by atoms with van der Waals surface area (Å²) >= 11 is 0. The zero-order chi connectivity index (χ0) is 22.0. The van der Waals surface area contributed by atoms with Gasteiger partial charge in [0, 0.05) is 36.7 Å². The Balaban J connectivity index is 1.67. The van der Waals surface area contributed by atoms with Gasteiger partial charge in [-0.05, 0) is 42.2 Å². The SMILES string of the molecule is CCCCNC(=O)c1c[nH]c2ccc(S(=O)(=O)N3CCc4ccccc4C3)cc2c1=O. The number of carbonyl (C=O) groups excluding carboxylic acids is 1. The molecular weight excluding hydrogens is 414 g/mol. The molecule has 0 saturated heterocycles. The van der Waals surface area contributed by atoms with E-state index in [4.69, 9.17) is 0 Å². The molecule has 1 aromatic heterocycles. The minimum absolute atomic E-state index is 0.0231. The minimum atomic E-state index is -3.78. The first-order valence-corrected chi connectivity index (χ1v) is 11.9. The number of carbonyl (C=O) groups is 1. The third kappa shape index (κ3) is 4.13. The van der Waals surface area contributed by atoms with Crippen molar-refractivity contribution in [2.45, 2.75) is 37.6 Å². The van der Waals surface area contributed by atoms with Crippen LogP contribution in [0, 0.1) is 0 Å². The zero-order valence-electron chi connectivity index (χ0n) is 17.3. The molecule has 0 saturated carbocycles. The fourth-order valence-corrected chi connectivity index (χ4v) is 5.27. The number of sulfonamides is 1. The number of benzene rings is 2. The Morgan fingerprint density at radius 1 is 1.16 bits per heavy atom. The number of hydrogen-bond acceptors (Lipinski definition) is 4. The molecule has 2 aromatic carbocycles. The largest absolute Gasteiger partial charge is 0.360 e. The van der Waals surface area contributed by atoms with Crippen LogP contribution in [-0.2, 0) is 23.0 Å². The highest BCUT2D eigenvalue weighted by Crippen LogP contribution is 2.26. The summed E-state index contributed by atoms with van der Waals surface area (Å²) in [6, 6.07) is 12.2. The fraction of sp³-hybridized carbons (Fsp3) is 0.304. The average molecular weight is 440 g/mol. The van der Waals surface area contributed by atoms with Crippen LogP contribution >= 0.6 is 0 Å². The maximum atomic E-state index is 13.3. The third-order valence-electron chi connectivity index (χ3n) is 5.65. The monoisotopic (exact) mass is 439 g/mol. The number of aromatic nitrogens is 1. The molecule has 2 N–H and O–H groups in total. The summed E-state index contributed by atoms with van der Waals surface area (Å²) in [5.74, 6) is -0.461. The van der Waals surface area contributed by atoms with Gasteiger partial charge in [0.25, 0.3) is 5.91 Å². The highest BCUT2D eigenvalue weighted by Gasteiger charge is 2.28. The van der Waals surface area contributed by atoms with E-state index in [1.807, 2.05) is 31.2 Å². The summed E-state index contributed by atoms with van der Waals surface area (Å²) in [5, 5.41) is 2.91. The summed E-state index contributed by atoms with van der Waals surface area (Å²) in [4.78, 5) is 28.3. The van der Waals surface area contributed by atoms with Crippen molar-refractivity contribution in [2.24, 2.45) is 0 Å². The van der Waals surface area contributed by atoms with Crippen molar-refractivity contribution in [2.75, 3.05) is 13.1 Å². The Hall–Kier alpha value is -2.97. The lowest BCUT2D eigenvalue weighted by molar-refractivity contribution is 0.0952. The van der Waals surface area contributed by atoms with Crippen LogP contribution in [0.2, 0.25) is 0 Å². The molecule has 4 rings (SSSR count). The van der Waals surface area contributed by atoms with Crippen molar-refractivity contribution < 1.29 is 13.2 Å². The van der Waals surface area contributed by atoms with Gasteiger partial charge in [-0.1, -0.05) is 37.6 Å². The van der Waals surface area contributed by atoms with Crippen molar-refractivity contribution in [3.63, 3.8) is 0 Å². The van der Waals surface area contributed by atoms with Crippen LogP contribution in [0.5, 0.6) is 0 Å². The Labute approximate surface area is 181 Å². The summed E-state index contributed by atoms with van der Waals surface area (Å²) in [6.45, 7) is 3.18. The van der Waals surface area contributed by atoms with Crippen LogP contribution in [0.1, 0.15) is 41.3 Å². The molecule has 2 heterocycles. The van der Waals surface area contributed by atoms with E-state index >= 15 is 0 Å². The third-order valence-corrected chi connectivity index (χ3v) is 7.49. The maximum Gasteiger partial charge on any atom is 0.256 e. The maximum absolute atomic E-state index is 13.3. The number of amides is 1. The number of nitrogens with zero attached hydrogens (tertiary/aromatic N) is 1. The smallest absolute Gasteiger partial charge is 0.256 e. The lowest BCUT2D eigenvalue weighted by Gasteiger charge is -2.28. The molecule has 8 heteroatoms. The van der Waals surface area contributed by atoms with Crippen LogP contribution in [-0.4, -0.2) is 36.7 Å².